The largest absolute Gasteiger partial charge is 0.466 e. The zero-order valence-electron chi connectivity index (χ0n) is 22.2. The second kappa shape index (κ2) is 11.5. The SMILES string of the molecule is CCOC(=O)[C@@H]1CCCN(C(=O)CC2=CSC3=NC(C)=C(C(=O)OC(C)C)[C@H](c4ccccc4C)N23)C1. The number of ether oxygens (including phenoxy) is 2. The number of rotatable bonds is 7. The van der Waals surface area contributed by atoms with Crippen molar-refractivity contribution < 1.29 is 23.9 Å². The third-order valence-corrected chi connectivity index (χ3v) is 7.66. The Morgan fingerprint density at radius 2 is 1.95 bits per heavy atom. The minimum absolute atomic E-state index is 0.0526. The summed E-state index contributed by atoms with van der Waals surface area (Å²) in [6, 6.07) is 7.49. The molecule has 0 radical (unpaired) electrons. The molecule has 0 aliphatic carbocycles. The fourth-order valence-electron chi connectivity index (χ4n) is 5.02. The van der Waals surface area contributed by atoms with E-state index >= 15 is 0 Å². The molecule has 1 saturated heterocycles. The van der Waals surface area contributed by atoms with Gasteiger partial charge in [-0.25, -0.2) is 9.79 Å². The predicted molar refractivity (Wildman–Crippen MR) is 143 cm³/mol. The number of fused-ring (bicyclic) bond motifs is 1. The molecule has 1 amide bonds. The maximum Gasteiger partial charge on any atom is 0.338 e. The van der Waals surface area contributed by atoms with Crippen LogP contribution in [0.4, 0.5) is 0 Å². The van der Waals surface area contributed by atoms with Gasteiger partial charge in [0.25, 0.3) is 0 Å². The van der Waals surface area contributed by atoms with Crippen molar-refractivity contribution in [2.45, 2.75) is 66.0 Å². The van der Waals surface area contributed by atoms with Gasteiger partial charge in [-0.2, -0.15) is 0 Å². The van der Waals surface area contributed by atoms with Crippen LogP contribution in [0.25, 0.3) is 0 Å². The Morgan fingerprint density at radius 3 is 2.65 bits per heavy atom. The Balaban J connectivity index is 1.62. The van der Waals surface area contributed by atoms with Crippen LogP contribution < -0.4 is 0 Å². The normalized spacial score (nSPS) is 21.5. The van der Waals surface area contributed by atoms with Crippen molar-refractivity contribution in [2.75, 3.05) is 19.7 Å². The summed E-state index contributed by atoms with van der Waals surface area (Å²) in [5.41, 5.74) is 3.88. The maximum atomic E-state index is 13.4. The Labute approximate surface area is 222 Å². The number of aryl methyl sites for hydroxylation is 1. The average Bonchev–Trinajstić information content (AvgIpc) is 3.25. The van der Waals surface area contributed by atoms with Gasteiger partial charge in [0.1, 0.15) is 0 Å². The maximum absolute atomic E-state index is 13.4. The van der Waals surface area contributed by atoms with Crippen molar-refractivity contribution in [1.29, 1.82) is 0 Å². The molecular weight excluding hydrogens is 490 g/mol. The lowest BCUT2D eigenvalue weighted by Gasteiger charge is -2.38. The van der Waals surface area contributed by atoms with Crippen molar-refractivity contribution in [3.8, 4) is 0 Å². The van der Waals surface area contributed by atoms with Crippen molar-refractivity contribution in [1.82, 2.24) is 9.80 Å². The van der Waals surface area contributed by atoms with E-state index in [0.717, 1.165) is 34.8 Å². The van der Waals surface area contributed by atoms with Crippen LogP contribution in [0.1, 0.15) is 64.1 Å². The van der Waals surface area contributed by atoms with Crippen molar-refractivity contribution >= 4 is 34.8 Å². The highest BCUT2D eigenvalue weighted by molar-refractivity contribution is 8.16. The minimum Gasteiger partial charge on any atom is -0.466 e. The first kappa shape index (κ1) is 27.0. The molecule has 1 aromatic rings. The van der Waals surface area contributed by atoms with Gasteiger partial charge in [0, 0.05) is 18.8 Å². The van der Waals surface area contributed by atoms with Gasteiger partial charge in [-0.3, -0.25) is 9.59 Å². The molecule has 3 heterocycles. The number of aliphatic imine (C=N–C) groups is 1. The topological polar surface area (TPSA) is 88.5 Å². The highest BCUT2D eigenvalue weighted by atomic mass is 32.2. The van der Waals surface area contributed by atoms with E-state index in [1.54, 1.807) is 11.8 Å². The molecule has 8 nitrogen and oxygen atoms in total. The molecule has 37 heavy (non-hydrogen) atoms. The van der Waals surface area contributed by atoms with Crippen LogP contribution in [-0.4, -0.2) is 58.6 Å². The molecule has 9 heteroatoms. The van der Waals surface area contributed by atoms with E-state index in [2.05, 4.69) is 0 Å². The standard InChI is InChI=1S/C28H35N3O5S/c1-6-35-26(33)20-11-9-13-30(15-20)23(32)14-21-16-37-28-29-19(5)24(27(34)36-17(2)3)25(31(21)28)22-12-8-7-10-18(22)4/h7-8,10,12,16-17,20,25H,6,9,11,13-15H2,1-5H3/t20-,25+/m1/s1. The van der Waals surface area contributed by atoms with E-state index in [9.17, 15) is 14.4 Å². The second-order valence-electron chi connectivity index (χ2n) is 9.81. The molecule has 0 spiro atoms. The fraction of sp³-hybridized carbons (Fsp3) is 0.500. The number of amidine groups is 1. The summed E-state index contributed by atoms with van der Waals surface area (Å²) in [5, 5.41) is 2.68. The van der Waals surface area contributed by atoms with Crippen molar-refractivity contribution in [2.24, 2.45) is 10.9 Å². The summed E-state index contributed by atoms with van der Waals surface area (Å²) >= 11 is 1.45. The number of benzene rings is 1. The predicted octanol–water partition coefficient (Wildman–Crippen LogP) is 4.71. The molecule has 0 bridgehead atoms. The molecule has 1 fully saturated rings. The number of likely N-dealkylation sites (tertiary alicyclic amines) is 1. The second-order valence-corrected chi connectivity index (χ2v) is 10.6. The third kappa shape index (κ3) is 5.76. The molecule has 3 aliphatic rings. The van der Waals surface area contributed by atoms with Crippen LogP contribution in [-0.2, 0) is 23.9 Å². The van der Waals surface area contributed by atoms with Gasteiger partial charge in [-0.05, 0) is 64.0 Å². The molecule has 0 unspecified atom stereocenters. The first-order valence-corrected chi connectivity index (χ1v) is 13.7. The molecule has 1 aromatic carbocycles. The molecule has 3 aliphatic heterocycles. The summed E-state index contributed by atoms with van der Waals surface area (Å²) in [4.78, 5) is 47.5. The van der Waals surface area contributed by atoms with Gasteiger partial charge in [0.05, 0.1) is 42.4 Å². The number of carbonyl (C=O) groups is 3. The monoisotopic (exact) mass is 525 g/mol. The lowest BCUT2D eigenvalue weighted by Crippen LogP contribution is -2.44. The van der Waals surface area contributed by atoms with Gasteiger partial charge in [0.15, 0.2) is 5.17 Å². The summed E-state index contributed by atoms with van der Waals surface area (Å²) in [6.07, 6.45) is 1.37. The molecule has 2 atom stereocenters. The first-order valence-electron chi connectivity index (χ1n) is 12.9. The van der Waals surface area contributed by atoms with Crippen LogP contribution in [0.5, 0.6) is 0 Å². The first-order chi connectivity index (χ1) is 17.7. The van der Waals surface area contributed by atoms with Crippen LogP contribution in [0.3, 0.4) is 0 Å². The average molecular weight is 526 g/mol. The number of hydrogen-bond donors (Lipinski definition) is 0. The smallest absolute Gasteiger partial charge is 0.338 e. The fourth-order valence-corrected chi connectivity index (χ4v) is 5.98. The zero-order valence-corrected chi connectivity index (χ0v) is 23.0. The number of hydrogen-bond acceptors (Lipinski definition) is 8. The molecular formula is C28H35N3O5S. The van der Waals surface area contributed by atoms with Crippen molar-refractivity contribution in [3.63, 3.8) is 0 Å². The number of nitrogens with zero attached hydrogens (tertiary/aromatic N) is 3. The quantitative estimate of drug-likeness (QED) is 0.476. The van der Waals surface area contributed by atoms with Crippen LogP contribution in [0, 0.1) is 12.8 Å². The van der Waals surface area contributed by atoms with Crippen molar-refractivity contribution in [3.05, 3.63) is 57.8 Å². The third-order valence-electron chi connectivity index (χ3n) is 6.77. The van der Waals surface area contributed by atoms with Gasteiger partial charge in [-0.15, -0.1) is 0 Å². The highest BCUT2D eigenvalue weighted by Crippen LogP contribution is 2.45. The number of piperidine rings is 1. The number of thioether (sulfide) groups is 1. The zero-order chi connectivity index (χ0) is 26.7. The minimum atomic E-state index is -0.456. The van der Waals surface area contributed by atoms with Crippen LogP contribution >= 0.6 is 11.8 Å². The molecule has 0 saturated carbocycles. The Bertz CT molecular complexity index is 1170. The number of carbonyl (C=O) groups excluding carboxylic acids is 3. The highest BCUT2D eigenvalue weighted by Gasteiger charge is 2.42. The summed E-state index contributed by atoms with van der Waals surface area (Å²) in [5.74, 6) is -0.989. The van der Waals surface area contributed by atoms with E-state index in [-0.39, 0.29) is 30.3 Å². The van der Waals surface area contributed by atoms with E-state index < -0.39 is 12.0 Å². The van der Waals surface area contributed by atoms with Crippen LogP contribution in [0.15, 0.2) is 51.6 Å². The number of amides is 1. The van der Waals surface area contributed by atoms with E-state index in [1.165, 1.54) is 11.8 Å². The van der Waals surface area contributed by atoms with Gasteiger partial charge < -0.3 is 19.3 Å². The van der Waals surface area contributed by atoms with Gasteiger partial charge in [-0.1, -0.05) is 36.0 Å². The molecule has 0 aromatic heterocycles. The van der Waals surface area contributed by atoms with E-state index in [4.69, 9.17) is 14.5 Å². The van der Waals surface area contributed by atoms with E-state index in [1.807, 2.05) is 62.3 Å². The number of esters is 2. The Hall–Kier alpha value is -3.07. The van der Waals surface area contributed by atoms with Gasteiger partial charge in [0.2, 0.25) is 5.91 Å². The lowest BCUT2D eigenvalue weighted by molar-refractivity contribution is -0.151. The van der Waals surface area contributed by atoms with Gasteiger partial charge >= 0.3 is 11.9 Å². The van der Waals surface area contributed by atoms with Crippen LogP contribution in [0.2, 0.25) is 0 Å². The summed E-state index contributed by atoms with van der Waals surface area (Å²) in [7, 11) is 0. The summed E-state index contributed by atoms with van der Waals surface area (Å²) < 4.78 is 10.8. The summed E-state index contributed by atoms with van der Waals surface area (Å²) in [6.45, 7) is 10.6. The van der Waals surface area contributed by atoms with E-state index in [0.29, 0.717) is 31.0 Å². The Morgan fingerprint density at radius 1 is 1.19 bits per heavy atom. The number of allylic oxidation sites excluding steroid dienone is 1. The molecule has 4 rings (SSSR count). The molecule has 0 N–H and O–H groups in total. The molecule has 198 valence electrons. The Kier molecular flexibility index (Phi) is 8.42. The lowest BCUT2D eigenvalue weighted by atomic mass is 9.91.